The van der Waals surface area contributed by atoms with Crippen molar-refractivity contribution in [1.82, 2.24) is 15.6 Å². The Morgan fingerprint density at radius 3 is 2.74 bits per heavy atom. The fraction of sp³-hybridized carbons (Fsp3) is 0.333. The van der Waals surface area contributed by atoms with Gasteiger partial charge >= 0.3 is 6.03 Å². The summed E-state index contributed by atoms with van der Waals surface area (Å²) in [6, 6.07) is 2.40. The second-order valence-corrected chi connectivity index (χ2v) is 6.23. The van der Waals surface area contributed by atoms with E-state index in [9.17, 15) is 18.7 Å². The molecule has 0 radical (unpaired) electrons. The first-order chi connectivity index (χ1) is 10.8. The number of hydrogen-bond donors (Lipinski definition) is 3. The molecular formula is C15H17F2N3O2S. The Balaban J connectivity index is 1.90. The smallest absolute Gasteiger partial charge is 0.315 e. The summed E-state index contributed by atoms with van der Waals surface area (Å²) < 4.78 is 26.6. The molecular weight excluding hydrogens is 324 g/mol. The van der Waals surface area contributed by atoms with Crippen molar-refractivity contribution in [2.24, 2.45) is 0 Å². The third-order valence-corrected chi connectivity index (χ3v) is 4.29. The first kappa shape index (κ1) is 17.3. The topological polar surface area (TPSA) is 74.2 Å². The third-order valence-electron chi connectivity index (χ3n) is 3.36. The van der Waals surface area contributed by atoms with Crippen molar-refractivity contribution in [3.63, 3.8) is 0 Å². The quantitative estimate of drug-likeness (QED) is 0.782. The van der Waals surface area contributed by atoms with E-state index in [0.717, 1.165) is 22.7 Å². The van der Waals surface area contributed by atoms with E-state index >= 15 is 0 Å². The van der Waals surface area contributed by atoms with Crippen LogP contribution in [0.25, 0.3) is 0 Å². The predicted molar refractivity (Wildman–Crippen MR) is 83.0 cm³/mol. The zero-order valence-corrected chi connectivity index (χ0v) is 13.5. The van der Waals surface area contributed by atoms with Gasteiger partial charge in [-0.05, 0) is 19.9 Å². The Morgan fingerprint density at radius 2 is 2.13 bits per heavy atom. The number of nitrogens with one attached hydrogen (secondary N) is 2. The number of aromatic nitrogens is 1. The highest BCUT2D eigenvalue weighted by molar-refractivity contribution is 7.09. The highest BCUT2D eigenvalue weighted by atomic mass is 32.1. The zero-order valence-electron chi connectivity index (χ0n) is 12.7. The third kappa shape index (κ3) is 4.46. The second-order valence-electron chi connectivity index (χ2n) is 5.30. The first-order valence-electron chi connectivity index (χ1n) is 6.88. The molecule has 2 rings (SSSR count). The van der Waals surface area contributed by atoms with E-state index in [2.05, 4.69) is 15.6 Å². The van der Waals surface area contributed by atoms with Gasteiger partial charge in [-0.3, -0.25) is 0 Å². The molecule has 8 heteroatoms. The Kier molecular flexibility index (Phi) is 5.27. The molecule has 0 saturated carbocycles. The number of thiazole rings is 1. The van der Waals surface area contributed by atoms with Crippen molar-refractivity contribution in [2.75, 3.05) is 6.54 Å². The lowest BCUT2D eigenvalue weighted by atomic mass is 9.95. The number of benzene rings is 1. The van der Waals surface area contributed by atoms with Crippen LogP contribution in [-0.4, -0.2) is 22.7 Å². The van der Waals surface area contributed by atoms with Crippen molar-refractivity contribution in [3.05, 3.63) is 51.5 Å². The molecule has 2 aromatic rings. The van der Waals surface area contributed by atoms with Crippen LogP contribution < -0.4 is 10.6 Å². The van der Waals surface area contributed by atoms with E-state index in [1.165, 1.54) is 18.3 Å². The van der Waals surface area contributed by atoms with Crippen LogP contribution >= 0.6 is 11.3 Å². The lowest BCUT2D eigenvalue weighted by molar-refractivity contribution is 0.0555. The van der Waals surface area contributed by atoms with Crippen LogP contribution in [0, 0.1) is 18.6 Å². The minimum atomic E-state index is -1.66. The number of hydrogen-bond acceptors (Lipinski definition) is 4. The van der Waals surface area contributed by atoms with E-state index < -0.39 is 23.3 Å². The molecule has 0 saturated heterocycles. The normalized spacial score (nSPS) is 13.4. The predicted octanol–water partition coefficient (Wildman–Crippen LogP) is 2.44. The lowest BCUT2D eigenvalue weighted by Gasteiger charge is -2.24. The van der Waals surface area contributed by atoms with Gasteiger partial charge in [-0.2, -0.15) is 0 Å². The summed E-state index contributed by atoms with van der Waals surface area (Å²) >= 11 is 1.43. The van der Waals surface area contributed by atoms with E-state index in [4.69, 9.17) is 0 Å². The molecule has 2 amide bonds. The number of aliphatic hydroxyl groups is 1. The van der Waals surface area contributed by atoms with Crippen LogP contribution in [0.3, 0.4) is 0 Å². The van der Waals surface area contributed by atoms with Gasteiger partial charge < -0.3 is 15.7 Å². The van der Waals surface area contributed by atoms with E-state index in [-0.39, 0.29) is 12.1 Å². The average molecular weight is 341 g/mol. The van der Waals surface area contributed by atoms with Crippen molar-refractivity contribution >= 4 is 17.4 Å². The van der Waals surface area contributed by atoms with Gasteiger partial charge in [-0.25, -0.2) is 18.6 Å². The molecule has 0 aliphatic heterocycles. The number of aryl methyl sites for hydroxylation is 1. The van der Waals surface area contributed by atoms with Gasteiger partial charge in [0.25, 0.3) is 0 Å². The Morgan fingerprint density at radius 1 is 1.39 bits per heavy atom. The Hall–Kier alpha value is -2.06. The first-order valence-corrected chi connectivity index (χ1v) is 7.76. The van der Waals surface area contributed by atoms with Crippen molar-refractivity contribution < 1.29 is 18.7 Å². The SMILES string of the molecule is Cc1ncsc1CNC(=O)NCC(C)(O)c1ccc(F)cc1F. The molecule has 1 unspecified atom stereocenters. The van der Waals surface area contributed by atoms with Crippen molar-refractivity contribution in [1.29, 1.82) is 0 Å². The van der Waals surface area contributed by atoms with Crippen LogP contribution in [0.5, 0.6) is 0 Å². The van der Waals surface area contributed by atoms with Gasteiger partial charge in [0.15, 0.2) is 0 Å². The molecule has 0 bridgehead atoms. The molecule has 0 aliphatic carbocycles. The monoisotopic (exact) mass is 341 g/mol. The van der Waals surface area contributed by atoms with Gasteiger partial charge in [0.1, 0.15) is 17.2 Å². The summed E-state index contributed by atoms with van der Waals surface area (Å²) in [6.45, 7) is 3.28. The maximum atomic E-state index is 13.7. The van der Waals surface area contributed by atoms with Gasteiger partial charge in [-0.1, -0.05) is 6.07 Å². The number of rotatable bonds is 5. The molecule has 5 nitrogen and oxygen atoms in total. The number of carbonyl (C=O) groups excluding carboxylic acids is 1. The number of halogens is 2. The molecule has 1 aromatic heterocycles. The van der Waals surface area contributed by atoms with E-state index in [0.29, 0.717) is 12.6 Å². The number of nitrogens with zero attached hydrogens (tertiary/aromatic N) is 1. The molecule has 1 aromatic carbocycles. The molecule has 0 aliphatic rings. The highest BCUT2D eigenvalue weighted by Gasteiger charge is 2.27. The molecule has 1 atom stereocenters. The lowest BCUT2D eigenvalue weighted by Crippen LogP contribution is -2.43. The summed E-state index contributed by atoms with van der Waals surface area (Å²) in [5.74, 6) is -1.59. The Labute approximate surface area is 136 Å². The van der Waals surface area contributed by atoms with Crippen LogP contribution in [0.1, 0.15) is 23.1 Å². The average Bonchev–Trinajstić information content (AvgIpc) is 2.88. The van der Waals surface area contributed by atoms with Gasteiger partial charge in [0.05, 0.1) is 24.3 Å². The fourth-order valence-corrected chi connectivity index (χ4v) is 2.71. The van der Waals surface area contributed by atoms with Gasteiger partial charge in [0, 0.05) is 16.5 Å². The summed E-state index contributed by atoms with van der Waals surface area (Å²) in [5, 5.41) is 15.4. The van der Waals surface area contributed by atoms with Crippen LogP contribution in [0.15, 0.2) is 23.7 Å². The molecule has 23 heavy (non-hydrogen) atoms. The molecule has 124 valence electrons. The Bertz CT molecular complexity index is 704. The molecule has 3 N–H and O–H groups in total. The van der Waals surface area contributed by atoms with Crippen molar-refractivity contribution in [2.45, 2.75) is 26.0 Å². The highest BCUT2D eigenvalue weighted by Crippen LogP contribution is 2.23. The fourth-order valence-electron chi connectivity index (χ4n) is 1.99. The zero-order chi connectivity index (χ0) is 17.0. The minimum Gasteiger partial charge on any atom is -0.383 e. The summed E-state index contributed by atoms with van der Waals surface area (Å²) in [4.78, 5) is 16.8. The van der Waals surface area contributed by atoms with Gasteiger partial charge in [-0.15, -0.1) is 11.3 Å². The number of amides is 2. The standard InChI is InChI=1S/C15H17F2N3O2S/c1-9-13(23-8-20-9)6-18-14(21)19-7-15(2,22)11-4-3-10(16)5-12(11)17/h3-5,8,22H,6-7H2,1-2H3,(H2,18,19,21). The number of urea groups is 1. The van der Waals surface area contributed by atoms with Crippen LogP contribution in [0.2, 0.25) is 0 Å². The van der Waals surface area contributed by atoms with E-state index in [1.54, 1.807) is 5.51 Å². The minimum absolute atomic E-state index is 0.0856. The maximum Gasteiger partial charge on any atom is 0.315 e. The number of carbonyl (C=O) groups is 1. The van der Waals surface area contributed by atoms with E-state index in [1.807, 2.05) is 6.92 Å². The molecule has 0 spiro atoms. The summed E-state index contributed by atoms with van der Waals surface area (Å²) in [6.07, 6.45) is 0. The van der Waals surface area contributed by atoms with Crippen molar-refractivity contribution in [3.8, 4) is 0 Å². The summed E-state index contributed by atoms with van der Waals surface area (Å²) in [5.41, 5.74) is 0.787. The van der Waals surface area contributed by atoms with Crippen LogP contribution in [0.4, 0.5) is 13.6 Å². The molecule has 1 heterocycles. The van der Waals surface area contributed by atoms with Crippen LogP contribution in [-0.2, 0) is 12.1 Å². The van der Waals surface area contributed by atoms with Gasteiger partial charge in [0.2, 0.25) is 0 Å². The summed E-state index contributed by atoms with van der Waals surface area (Å²) in [7, 11) is 0. The second kappa shape index (κ2) is 7.01. The molecule has 0 fully saturated rings. The maximum absolute atomic E-state index is 13.7. The largest absolute Gasteiger partial charge is 0.383 e.